The van der Waals surface area contributed by atoms with Crippen LogP contribution in [0.5, 0.6) is 0 Å². The fraction of sp³-hybridized carbons (Fsp3) is 0. The number of fused-ring (bicyclic) bond motifs is 7. The third kappa shape index (κ3) is 1.49. The summed E-state index contributed by atoms with van der Waals surface area (Å²) in [5.41, 5.74) is 1.89. The second kappa shape index (κ2) is 4.25. The van der Waals surface area contributed by atoms with Crippen molar-refractivity contribution < 1.29 is 0 Å². The molecule has 1 heterocycles. The number of benzene rings is 4. The Morgan fingerprint density at radius 2 is 0.909 bits per heavy atom. The van der Waals surface area contributed by atoms with E-state index >= 15 is 0 Å². The molecule has 5 aromatic rings. The van der Waals surface area contributed by atoms with Crippen LogP contribution in [-0.2, 0) is 0 Å². The standard InChI is InChI=1S/C20H12N2/c1-3-7-15-13(5-1)9-11-17-19(15)20-16-8-4-2-6-14(16)10-12-18(20)22-21-17/h1-12H. The molecule has 0 aliphatic carbocycles. The summed E-state index contributed by atoms with van der Waals surface area (Å²) in [5, 5.41) is 16.2. The normalized spacial score (nSPS) is 11.6. The molecule has 2 nitrogen and oxygen atoms in total. The number of hydrogen-bond donors (Lipinski definition) is 0. The lowest BCUT2D eigenvalue weighted by atomic mass is 9.98. The highest BCUT2D eigenvalue weighted by molar-refractivity contribution is 6.25. The van der Waals surface area contributed by atoms with E-state index in [1.807, 2.05) is 0 Å². The molecular formula is C20H12N2. The smallest absolute Gasteiger partial charge is 0.0942 e. The summed E-state index contributed by atoms with van der Waals surface area (Å²) in [5.74, 6) is 0. The highest BCUT2D eigenvalue weighted by Gasteiger charge is 2.10. The van der Waals surface area contributed by atoms with Crippen molar-refractivity contribution in [3.05, 3.63) is 72.8 Å². The van der Waals surface area contributed by atoms with Crippen molar-refractivity contribution >= 4 is 43.4 Å². The van der Waals surface area contributed by atoms with Gasteiger partial charge in [0.25, 0.3) is 0 Å². The van der Waals surface area contributed by atoms with Gasteiger partial charge in [-0.25, -0.2) is 0 Å². The summed E-state index contributed by atoms with van der Waals surface area (Å²) >= 11 is 0. The van der Waals surface area contributed by atoms with Crippen LogP contribution in [0.3, 0.4) is 0 Å². The fourth-order valence-electron chi connectivity index (χ4n) is 3.32. The number of aromatic nitrogens is 2. The van der Waals surface area contributed by atoms with E-state index in [-0.39, 0.29) is 0 Å². The Morgan fingerprint density at radius 3 is 1.41 bits per heavy atom. The second-order valence-electron chi connectivity index (χ2n) is 5.56. The molecule has 0 saturated heterocycles. The van der Waals surface area contributed by atoms with Crippen molar-refractivity contribution in [2.45, 2.75) is 0 Å². The molecule has 0 atom stereocenters. The predicted octanol–water partition coefficient (Wildman–Crippen LogP) is 5.09. The van der Waals surface area contributed by atoms with Crippen molar-refractivity contribution in [1.82, 2.24) is 10.2 Å². The minimum Gasteiger partial charge on any atom is -0.150 e. The minimum absolute atomic E-state index is 0.947. The van der Waals surface area contributed by atoms with Crippen LogP contribution in [0.4, 0.5) is 0 Å². The summed E-state index contributed by atoms with van der Waals surface area (Å²) in [6.07, 6.45) is 0. The van der Waals surface area contributed by atoms with Gasteiger partial charge in [-0.1, -0.05) is 60.7 Å². The Balaban J connectivity index is 2.19. The first-order valence-electron chi connectivity index (χ1n) is 7.37. The van der Waals surface area contributed by atoms with Gasteiger partial charge in [0.05, 0.1) is 11.0 Å². The van der Waals surface area contributed by atoms with Gasteiger partial charge in [0.1, 0.15) is 0 Å². The van der Waals surface area contributed by atoms with E-state index in [1.54, 1.807) is 0 Å². The van der Waals surface area contributed by atoms with E-state index in [2.05, 4.69) is 83.0 Å². The quantitative estimate of drug-likeness (QED) is 0.369. The minimum atomic E-state index is 0.947. The van der Waals surface area contributed by atoms with Crippen molar-refractivity contribution in [2.75, 3.05) is 0 Å². The van der Waals surface area contributed by atoms with E-state index in [0.717, 1.165) is 11.0 Å². The molecule has 0 aliphatic heterocycles. The van der Waals surface area contributed by atoms with Gasteiger partial charge in [-0.05, 0) is 33.7 Å². The summed E-state index contributed by atoms with van der Waals surface area (Å²) in [6, 6.07) is 25.3. The van der Waals surface area contributed by atoms with Crippen molar-refractivity contribution in [2.24, 2.45) is 0 Å². The Hall–Kier alpha value is -3.00. The lowest BCUT2D eigenvalue weighted by molar-refractivity contribution is 1.12. The molecule has 0 radical (unpaired) electrons. The number of hydrogen-bond acceptors (Lipinski definition) is 2. The second-order valence-corrected chi connectivity index (χ2v) is 5.56. The molecule has 1 aromatic heterocycles. The van der Waals surface area contributed by atoms with Crippen LogP contribution < -0.4 is 0 Å². The Morgan fingerprint density at radius 1 is 0.455 bits per heavy atom. The molecule has 0 amide bonds. The molecule has 0 N–H and O–H groups in total. The number of rotatable bonds is 0. The Bertz CT molecular complexity index is 1070. The zero-order chi connectivity index (χ0) is 14.5. The van der Waals surface area contributed by atoms with Crippen molar-refractivity contribution in [3.63, 3.8) is 0 Å². The predicted molar refractivity (Wildman–Crippen MR) is 92.1 cm³/mol. The van der Waals surface area contributed by atoms with Gasteiger partial charge in [0, 0.05) is 10.8 Å². The molecule has 0 bridgehead atoms. The first-order valence-corrected chi connectivity index (χ1v) is 7.37. The highest BCUT2D eigenvalue weighted by Crippen LogP contribution is 2.34. The lowest BCUT2D eigenvalue weighted by Crippen LogP contribution is -1.90. The molecule has 0 spiro atoms. The van der Waals surface area contributed by atoms with E-state index in [1.165, 1.54) is 32.3 Å². The van der Waals surface area contributed by atoms with Crippen LogP contribution in [-0.4, -0.2) is 10.2 Å². The fourth-order valence-corrected chi connectivity index (χ4v) is 3.32. The summed E-state index contributed by atoms with van der Waals surface area (Å²) < 4.78 is 0. The molecule has 0 unspecified atom stereocenters. The molecule has 5 rings (SSSR count). The largest absolute Gasteiger partial charge is 0.150 e. The van der Waals surface area contributed by atoms with Crippen LogP contribution in [0.15, 0.2) is 72.8 Å². The molecule has 4 aromatic carbocycles. The van der Waals surface area contributed by atoms with E-state index in [4.69, 9.17) is 0 Å². The van der Waals surface area contributed by atoms with Gasteiger partial charge in [0.2, 0.25) is 0 Å². The van der Waals surface area contributed by atoms with Crippen LogP contribution in [0, 0.1) is 0 Å². The maximum Gasteiger partial charge on any atom is 0.0942 e. The van der Waals surface area contributed by atoms with E-state index in [0.29, 0.717) is 0 Å². The summed E-state index contributed by atoms with van der Waals surface area (Å²) in [7, 11) is 0. The maximum absolute atomic E-state index is 4.42. The van der Waals surface area contributed by atoms with Crippen LogP contribution in [0.2, 0.25) is 0 Å². The topological polar surface area (TPSA) is 25.8 Å². The van der Waals surface area contributed by atoms with Gasteiger partial charge in [-0.2, -0.15) is 0 Å². The molecule has 102 valence electrons. The Kier molecular flexibility index (Phi) is 2.25. The molecule has 2 heteroatoms. The average molecular weight is 280 g/mol. The first-order chi connectivity index (χ1) is 10.9. The van der Waals surface area contributed by atoms with Crippen LogP contribution in [0.1, 0.15) is 0 Å². The monoisotopic (exact) mass is 280 g/mol. The average Bonchev–Trinajstić information content (AvgIpc) is 2.60. The third-order valence-electron chi connectivity index (χ3n) is 4.33. The zero-order valence-corrected chi connectivity index (χ0v) is 11.8. The number of nitrogens with zero attached hydrogens (tertiary/aromatic N) is 2. The SMILES string of the molecule is c1ccc2c(c1)ccc1nnc3ccc4ccccc4c3c12. The van der Waals surface area contributed by atoms with Gasteiger partial charge in [-0.3, -0.25) is 0 Å². The molecule has 0 aliphatic rings. The summed E-state index contributed by atoms with van der Waals surface area (Å²) in [6.45, 7) is 0. The van der Waals surface area contributed by atoms with Crippen LogP contribution in [0.25, 0.3) is 43.4 Å². The highest BCUT2D eigenvalue weighted by atomic mass is 15.1. The summed E-state index contributed by atoms with van der Waals surface area (Å²) in [4.78, 5) is 0. The van der Waals surface area contributed by atoms with Crippen LogP contribution >= 0.6 is 0 Å². The maximum atomic E-state index is 4.42. The molecule has 0 fully saturated rings. The van der Waals surface area contributed by atoms with Gasteiger partial charge in [-0.15, -0.1) is 10.2 Å². The zero-order valence-electron chi connectivity index (χ0n) is 11.8. The van der Waals surface area contributed by atoms with E-state index < -0.39 is 0 Å². The van der Waals surface area contributed by atoms with Gasteiger partial charge >= 0.3 is 0 Å². The molecule has 22 heavy (non-hydrogen) atoms. The van der Waals surface area contributed by atoms with Gasteiger partial charge in [0.15, 0.2) is 0 Å². The van der Waals surface area contributed by atoms with Crippen molar-refractivity contribution in [3.8, 4) is 0 Å². The van der Waals surface area contributed by atoms with Crippen molar-refractivity contribution in [1.29, 1.82) is 0 Å². The van der Waals surface area contributed by atoms with E-state index in [9.17, 15) is 0 Å². The van der Waals surface area contributed by atoms with Gasteiger partial charge < -0.3 is 0 Å². The first kappa shape index (κ1) is 11.6. The molecular weight excluding hydrogens is 268 g/mol. The Labute approximate surface area is 127 Å². The molecule has 0 saturated carbocycles. The lowest BCUT2D eigenvalue weighted by Gasteiger charge is -2.09. The third-order valence-corrected chi connectivity index (χ3v) is 4.33.